The van der Waals surface area contributed by atoms with Crippen LogP contribution < -0.4 is 4.72 Å². The molecule has 0 aromatic heterocycles. The number of ether oxygens (including phenoxy) is 1. The third-order valence-corrected chi connectivity index (χ3v) is 4.43. The van der Waals surface area contributed by atoms with Gasteiger partial charge >= 0.3 is 0 Å². The summed E-state index contributed by atoms with van der Waals surface area (Å²) in [7, 11) is -3.50. The van der Waals surface area contributed by atoms with Crippen LogP contribution in [0.4, 0.5) is 0 Å². The maximum absolute atomic E-state index is 12.1. The van der Waals surface area contributed by atoms with Crippen LogP contribution in [0.25, 0.3) is 6.08 Å². The molecule has 0 bridgehead atoms. The molecule has 0 amide bonds. The Morgan fingerprint density at radius 2 is 1.62 bits per heavy atom. The normalized spacial score (nSPS) is 12.1. The molecule has 0 radical (unpaired) electrons. The molecule has 0 heterocycles. The summed E-state index contributed by atoms with van der Waals surface area (Å²) in [5.41, 5.74) is 2.74. The topological polar surface area (TPSA) is 55.4 Å². The van der Waals surface area contributed by atoms with Gasteiger partial charge in [-0.2, -0.15) is 0 Å². The third-order valence-electron chi connectivity index (χ3n) is 3.39. The lowest BCUT2D eigenvalue weighted by molar-refractivity contribution is 0.0652. The molecular formula is C19H23NO3S. The molecule has 0 atom stereocenters. The predicted octanol–water partition coefficient (Wildman–Crippen LogP) is 3.70. The largest absolute Gasteiger partial charge is 0.374 e. The van der Waals surface area contributed by atoms with Crippen molar-refractivity contribution >= 4 is 16.1 Å². The lowest BCUT2D eigenvalue weighted by Gasteiger charge is -2.12. The minimum absolute atomic E-state index is 0.128. The average Bonchev–Trinajstić information content (AvgIpc) is 2.58. The molecule has 0 spiro atoms. The van der Waals surface area contributed by atoms with Gasteiger partial charge in [-0.05, 0) is 36.6 Å². The highest BCUT2D eigenvalue weighted by atomic mass is 32.2. The zero-order valence-corrected chi connectivity index (χ0v) is 14.8. The second kappa shape index (κ2) is 8.78. The van der Waals surface area contributed by atoms with Crippen molar-refractivity contribution in [1.29, 1.82) is 0 Å². The van der Waals surface area contributed by atoms with Crippen LogP contribution >= 0.6 is 0 Å². The molecule has 2 aromatic rings. The van der Waals surface area contributed by atoms with E-state index in [1.165, 1.54) is 5.41 Å². The van der Waals surface area contributed by atoms with Gasteiger partial charge in [0.1, 0.15) is 0 Å². The Morgan fingerprint density at radius 1 is 1.00 bits per heavy atom. The first kappa shape index (κ1) is 18.4. The van der Waals surface area contributed by atoms with E-state index in [0.29, 0.717) is 6.61 Å². The molecule has 5 heteroatoms. The van der Waals surface area contributed by atoms with Crippen molar-refractivity contribution in [3.8, 4) is 0 Å². The summed E-state index contributed by atoms with van der Waals surface area (Å²) in [6, 6.07) is 17.0. The second-order valence-electron chi connectivity index (χ2n) is 5.71. The number of nitrogens with one attached hydrogen (secondary N) is 1. The Labute approximate surface area is 144 Å². The monoisotopic (exact) mass is 345 g/mol. The average molecular weight is 345 g/mol. The quantitative estimate of drug-likeness (QED) is 0.794. The maximum atomic E-state index is 12.1. The van der Waals surface area contributed by atoms with Crippen molar-refractivity contribution < 1.29 is 13.2 Å². The van der Waals surface area contributed by atoms with Crippen molar-refractivity contribution in [3.63, 3.8) is 0 Å². The van der Waals surface area contributed by atoms with Gasteiger partial charge in [-0.15, -0.1) is 0 Å². The zero-order valence-electron chi connectivity index (χ0n) is 14.0. The molecule has 0 aliphatic heterocycles. The Hall–Kier alpha value is -1.95. The molecular weight excluding hydrogens is 322 g/mol. The molecule has 0 aliphatic carbocycles. The zero-order chi connectivity index (χ0) is 17.4. The van der Waals surface area contributed by atoms with Crippen molar-refractivity contribution in [3.05, 3.63) is 76.7 Å². The molecule has 2 aromatic carbocycles. The van der Waals surface area contributed by atoms with Crippen LogP contribution in [0, 0.1) is 0 Å². The first-order chi connectivity index (χ1) is 11.5. The molecule has 0 saturated heterocycles. The minimum atomic E-state index is -3.50. The summed E-state index contributed by atoms with van der Waals surface area (Å²) in [4.78, 5) is 0. The fourth-order valence-corrected chi connectivity index (χ4v) is 2.88. The summed E-state index contributed by atoms with van der Waals surface area (Å²) >= 11 is 0. The van der Waals surface area contributed by atoms with Gasteiger partial charge in [0, 0.05) is 12.0 Å². The smallest absolute Gasteiger partial charge is 0.234 e. The summed E-state index contributed by atoms with van der Waals surface area (Å²) in [5, 5.41) is 1.19. The van der Waals surface area contributed by atoms with E-state index in [0.717, 1.165) is 16.7 Å². The lowest BCUT2D eigenvalue weighted by Crippen LogP contribution is -2.21. The van der Waals surface area contributed by atoms with E-state index in [-0.39, 0.29) is 12.6 Å². The van der Waals surface area contributed by atoms with Crippen molar-refractivity contribution in [1.82, 2.24) is 4.72 Å². The highest BCUT2D eigenvalue weighted by molar-refractivity contribution is 7.92. The first-order valence-electron chi connectivity index (χ1n) is 7.87. The Balaban J connectivity index is 2.00. The van der Waals surface area contributed by atoms with Crippen LogP contribution in [-0.4, -0.2) is 14.5 Å². The van der Waals surface area contributed by atoms with E-state index in [4.69, 9.17) is 4.74 Å². The van der Waals surface area contributed by atoms with Crippen LogP contribution in [0.2, 0.25) is 0 Å². The van der Waals surface area contributed by atoms with Crippen molar-refractivity contribution in [2.45, 2.75) is 33.1 Å². The Kier molecular flexibility index (Phi) is 6.73. The van der Waals surface area contributed by atoms with Crippen LogP contribution in [0.1, 0.15) is 30.5 Å². The third kappa shape index (κ3) is 6.28. The number of benzene rings is 2. The van der Waals surface area contributed by atoms with Crippen LogP contribution in [0.3, 0.4) is 0 Å². The van der Waals surface area contributed by atoms with E-state index in [2.05, 4.69) is 4.72 Å². The van der Waals surface area contributed by atoms with E-state index in [1.54, 1.807) is 6.08 Å². The molecule has 128 valence electrons. The molecule has 0 aliphatic rings. The van der Waals surface area contributed by atoms with E-state index in [1.807, 2.05) is 68.4 Å². The summed E-state index contributed by atoms with van der Waals surface area (Å²) in [6.45, 7) is 4.65. The molecule has 0 unspecified atom stereocenters. The molecule has 1 N–H and O–H groups in total. The van der Waals surface area contributed by atoms with E-state index in [9.17, 15) is 8.42 Å². The summed E-state index contributed by atoms with van der Waals surface area (Å²) in [6.07, 6.45) is 1.71. The van der Waals surface area contributed by atoms with Gasteiger partial charge in [-0.3, -0.25) is 0 Å². The SMILES string of the molecule is CC(C)OCc1ccccc1CNS(=O)(=O)/C=C/c1ccccc1. The van der Waals surface area contributed by atoms with Crippen LogP contribution in [0.5, 0.6) is 0 Å². The van der Waals surface area contributed by atoms with Crippen molar-refractivity contribution in [2.24, 2.45) is 0 Å². The highest BCUT2D eigenvalue weighted by Crippen LogP contribution is 2.12. The van der Waals surface area contributed by atoms with Gasteiger partial charge in [0.05, 0.1) is 12.7 Å². The van der Waals surface area contributed by atoms with E-state index < -0.39 is 10.0 Å². The molecule has 0 saturated carbocycles. The highest BCUT2D eigenvalue weighted by Gasteiger charge is 2.08. The Bertz CT molecular complexity index is 768. The van der Waals surface area contributed by atoms with Gasteiger partial charge in [-0.1, -0.05) is 54.6 Å². The van der Waals surface area contributed by atoms with Gasteiger partial charge in [0.2, 0.25) is 10.0 Å². The fourth-order valence-electron chi connectivity index (χ4n) is 2.09. The molecule has 0 fully saturated rings. The van der Waals surface area contributed by atoms with Crippen LogP contribution in [-0.2, 0) is 27.9 Å². The second-order valence-corrected chi connectivity index (χ2v) is 7.36. The van der Waals surface area contributed by atoms with Gasteiger partial charge in [0.15, 0.2) is 0 Å². The minimum Gasteiger partial charge on any atom is -0.374 e. The number of hydrogen-bond donors (Lipinski definition) is 1. The summed E-state index contributed by atoms with van der Waals surface area (Å²) < 4.78 is 32.5. The number of sulfonamides is 1. The molecule has 24 heavy (non-hydrogen) atoms. The van der Waals surface area contributed by atoms with Crippen LogP contribution in [0.15, 0.2) is 60.0 Å². The van der Waals surface area contributed by atoms with Crippen molar-refractivity contribution in [2.75, 3.05) is 0 Å². The first-order valence-corrected chi connectivity index (χ1v) is 9.42. The van der Waals surface area contributed by atoms with Gasteiger partial charge < -0.3 is 4.74 Å². The fraction of sp³-hybridized carbons (Fsp3) is 0.263. The lowest BCUT2D eigenvalue weighted by atomic mass is 10.1. The van der Waals surface area contributed by atoms with E-state index >= 15 is 0 Å². The molecule has 4 nitrogen and oxygen atoms in total. The molecule has 2 rings (SSSR count). The standard InChI is InChI=1S/C19H23NO3S/c1-16(2)23-15-19-11-7-6-10-18(19)14-20-24(21,22)13-12-17-8-4-3-5-9-17/h3-13,16,20H,14-15H2,1-2H3/b13-12+. The predicted molar refractivity (Wildman–Crippen MR) is 97.6 cm³/mol. The number of rotatable bonds is 8. The summed E-state index contributed by atoms with van der Waals surface area (Å²) in [5.74, 6) is 0. The number of hydrogen-bond acceptors (Lipinski definition) is 3. The maximum Gasteiger partial charge on any atom is 0.234 e. The Morgan fingerprint density at radius 3 is 2.29 bits per heavy atom. The van der Waals surface area contributed by atoms with Gasteiger partial charge in [0.25, 0.3) is 0 Å². The van der Waals surface area contributed by atoms with Gasteiger partial charge in [-0.25, -0.2) is 13.1 Å².